The summed E-state index contributed by atoms with van der Waals surface area (Å²) in [5.74, 6) is -5.34. The highest BCUT2D eigenvalue weighted by Crippen LogP contribution is 2.52. The van der Waals surface area contributed by atoms with Crippen LogP contribution in [0.1, 0.15) is 12.0 Å². The van der Waals surface area contributed by atoms with Gasteiger partial charge in [-0.25, -0.2) is 17.4 Å². The highest BCUT2D eigenvalue weighted by molar-refractivity contribution is 7.85. The Morgan fingerprint density at radius 3 is 2.68 bits per heavy atom. The van der Waals surface area contributed by atoms with Gasteiger partial charge >= 0.3 is 0 Å². The van der Waals surface area contributed by atoms with Crippen LogP contribution in [0.2, 0.25) is 0 Å². The van der Waals surface area contributed by atoms with Gasteiger partial charge in [0.1, 0.15) is 18.0 Å². The van der Waals surface area contributed by atoms with Crippen LogP contribution in [0, 0.1) is 11.7 Å². The van der Waals surface area contributed by atoms with E-state index >= 15 is 0 Å². The zero-order valence-corrected chi connectivity index (χ0v) is 13.6. The maximum atomic E-state index is 14.9. The fourth-order valence-electron chi connectivity index (χ4n) is 3.21. The van der Waals surface area contributed by atoms with Crippen molar-refractivity contribution < 1.29 is 27.3 Å². The monoisotopic (exact) mass is 373 g/mol. The summed E-state index contributed by atoms with van der Waals surface area (Å²) in [4.78, 5) is 11.3. The van der Waals surface area contributed by atoms with Gasteiger partial charge in [0.25, 0.3) is 11.8 Å². The molecule has 1 saturated heterocycles. The fraction of sp³-hybridized carbons (Fsp3) is 0.400. The van der Waals surface area contributed by atoms with E-state index < -0.39 is 46.5 Å². The molecule has 134 valence electrons. The molecule has 3 atom stereocenters. The molecule has 3 aliphatic rings. The number of nitrogens with one attached hydrogen (secondary N) is 2. The summed E-state index contributed by atoms with van der Waals surface area (Å²) >= 11 is -1.99. The Morgan fingerprint density at radius 1 is 1.36 bits per heavy atom. The first kappa shape index (κ1) is 16.4. The van der Waals surface area contributed by atoms with E-state index in [2.05, 4.69) is 10.0 Å². The molecule has 0 bridgehead atoms. The molecule has 4 rings (SSSR count). The van der Waals surface area contributed by atoms with Crippen molar-refractivity contribution in [1.29, 1.82) is 0 Å². The van der Waals surface area contributed by atoms with Gasteiger partial charge in [-0.15, -0.1) is 0 Å². The van der Waals surface area contributed by atoms with Crippen LogP contribution in [0.3, 0.4) is 0 Å². The van der Waals surface area contributed by atoms with Crippen LogP contribution in [-0.4, -0.2) is 40.3 Å². The van der Waals surface area contributed by atoms with Gasteiger partial charge in [-0.1, -0.05) is 6.08 Å². The first-order valence-electron chi connectivity index (χ1n) is 7.60. The van der Waals surface area contributed by atoms with Gasteiger partial charge in [0.2, 0.25) is 11.2 Å². The van der Waals surface area contributed by atoms with Crippen molar-refractivity contribution in [2.75, 3.05) is 17.4 Å². The van der Waals surface area contributed by atoms with Gasteiger partial charge in [-0.3, -0.25) is 13.8 Å². The van der Waals surface area contributed by atoms with Gasteiger partial charge < -0.3 is 10.4 Å². The minimum Gasteiger partial charge on any atom is -0.506 e. The number of rotatable bonds is 3. The van der Waals surface area contributed by atoms with Crippen LogP contribution >= 0.6 is 0 Å². The highest BCUT2D eigenvalue weighted by atomic mass is 32.2. The molecule has 6 nitrogen and oxygen atoms in total. The summed E-state index contributed by atoms with van der Waals surface area (Å²) in [5.41, 5.74) is 0.245. The lowest BCUT2D eigenvalue weighted by atomic mass is 10.0. The Morgan fingerprint density at radius 2 is 2.08 bits per heavy atom. The van der Waals surface area contributed by atoms with Crippen molar-refractivity contribution in [3.63, 3.8) is 0 Å². The molecule has 1 aromatic rings. The maximum Gasteiger partial charge on any atom is 0.253 e. The third-order valence-electron chi connectivity index (χ3n) is 4.60. The van der Waals surface area contributed by atoms with E-state index in [0.717, 1.165) is 4.31 Å². The summed E-state index contributed by atoms with van der Waals surface area (Å²) in [6.07, 6.45) is 1.37. The molecule has 1 saturated carbocycles. The molecule has 2 fully saturated rings. The number of phenols is 1. The van der Waals surface area contributed by atoms with Crippen LogP contribution in [0.5, 0.6) is 5.75 Å². The lowest BCUT2D eigenvalue weighted by molar-refractivity contribution is -0.117. The zero-order chi connectivity index (χ0) is 17.9. The van der Waals surface area contributed by atoms with Gasteiger partial charge in [0, 0.05) is 30.5 Å². The summed E-state index contributed by atoms with van der Waals surface area (Å²) in [6, 6.07) is 2.03. The number of amides is 1. The molecule has 2 aliphatic heterocycles. The Labute approximate surface area is 143 Å². The number of carbonyl (C=O) groups is 1. The van der Waals surface area contributed by atoms with Gasteiger partial charge in [0.15, 0.2) is 5.82 Å². The molecule has 1 aromatic carbocycles. The van der Waals surface area contributed by atoms with E-state index in [1.54, 1.807) is 6.08 Å². The van der Waals surface area contributed by atoms with Crippen LogP contribution in [0.25, 0.3) is 5.57 Å². The number of carbonyl (C=O) groups excluding carboxylic acids is 1. The van der Waals surface area contributed by atoms with Crippen molar-refractivity contribution >= 4 is 28.3 Å². The van der Waals surface area contributed by atoms with Crippen LogP contribution in [0.15, 0.2) is 18.2 Å². The van der Waals surface area contributed by atoms with E-state index in [1.807, 2.05) is 0 Å². The molecular formula is C15H14F3N3O3S. The number of phenolic OH excluding ortho intramolecular Hbond substituents is 1. The summed E-state index contributed by atoms with van der Waals surface area (Å²) in [5, 5.41) is 12.9. The average molecular weight is 373 g/mol. The number of anilines is 1. The topological polar surface area (TPSA) is 81.7 Å². The van der Waals surface area contributed by atoms with Crippen molar-refractivity contribution in [1.82, 2.24) is 10.0 Å². The minimum atomic E-state index is -2.69. The van der Waals surface area contributed by atoms with Crippen molar-refractivity contribution in [3.05, 3.63) is 29.6 Å². The van der Waals surface area contributed by atoms with E-state index in [4.69, 9.17) is 0 Å². The predicted octanol–water partition coefficient (Wildman–Crippen LogP) is 1.06. The van der Waals surface area contributed by atoms with Crippen LogP contribution < -0.4 is 14.3 Å². The molecule has 0 spiro atoms. The SMILES string of the molecule is O=C1CN(c2c(O)ccc(C3=CC(C4CC4(F)F)NC3)c2F)S(=O)N1. The number of aromatic hydroxyl groups is 1. The standard InChI is InChI=1S/C15H14F3N3O3S/c16-13-8(7-3-10(19-5-7)9-4-15(9,17)18)1-2-11(22)14(13)21-6-12(23)20-25(21)24/h1-3,9-10,19,22H,4-6H2,(H,20,23). The first-order valence-corrected chi connectivity index (χ1v) is 8.71. The fourth-order valence-corrected chi connectivity index (χ4v) is 4.15. The molecule has 0 radical (unpaired) electrons. The third kappa shape index (κ3) is 2.69. The molecule has 0 aromatic heterocycles. The van der Waals surface area contributed by atoms with E-state index in [0.29, 0.717) is 5.57 Å². The Balaban J connectivity index is 1.68. The summed E-state index contributed by atoms with van der Waals surface area (Å²) in [7, 11) is 0. The summed E-state index contributed by atoms with van der Waals surface area (Å²) in [6.45, 7) is -0.145. The van der Waals surface area contributed by atoms with E-state index in [9.17, 15) is 27.3 Å². The molecule has 25 heavy (non-hydrogen) atoms. The number of halogens is 3. The molecule has 1 amide bonds. The van der Waals surface area contributed by atoms with Gasteiger partial charge in [0.05, 0.1) is 0 Å². The highest BCUT2D eigenvalue weighted by Gasteiger charge is 2.60. The number of benzene rings is 1. The maximum absolute atomic E-state index is 14.9. The molecule has 10 heteroatoms. The Kier molecular flexibility index (Phi) is 3.58. The number of hydrogen-bond donors (Lipinski definition) is 3. The molecule has 2 heterocycles. The molecular weight excluding hydrogens is 359 g/mol. The number of nitrogens with zero attached hydrogens (tertiary/aromatic N) is 1. The third-order valence-corrected chi connectivity index (χ3v) is 5.71. The smallest absolute Gasteiger partial charge is 0.253 e. The second kappa shape index (κ2) is 5.46. The van der Waals surface area contributed by atoms with Crippen molar-refractivity contribution in [2.24, 2.45) is 5.92 Å². The van der Waals surface area contributed by atoms with Crippen molar-refractivity contribution in [3.8, 4) is 5.75 Å². The average Bonchev–Trinajstić information content (AvgIpc) is 2.88. The first-order chi connectivity index (χ1) is 11.8. The van der Waals surface area contributed by atoms with Gasteiger partial charge in [-0.05, 0) is 17.7 Å². The number of hydrogen-bond acceptors (Lipinski definition) is 4. The lowest BCUT2D eigenvalue weighted by Gasteiger charge is -2.18. The lowest BCUT2D eigenvalue weighted by Crippen LogP contribution is -2.26. The van der Waals surface area contributed by atoms with E-state index in [1.165, 1.54) is 12.1 Å². The second-order valence-electron chi connectivity index (χ2n) is 6.28. The predicted molar refractivity (Wildman–Crippen MR) is 84.5 cm³/mol. The Bertz CT molecular complexity index is 830. The molecule has 3 N–H and O–H groups in total. The van der Waals surface area contributed by atoms with Crippen LogP contribution in [-0.2, 0) is 16.0 Å². The van der Waals surface area contributed by atoms with Crippen molar-refractivity contribution in [2.45, 2.75) is 18.4 Å². The minimum absolute atomic E-state index is 0.114. The molecule has 1 aliphatic carbocycles. The largest absolute Gasteiger partial charge is 0.506 e. The zero-order valence-electron chi connectivity index (χ0n) is 12.8. The van der Waals surface area contributed by atoms with E-state index in [-0.39, 0.29) is 30.8 Å². The normalized spacial score (nSPS) is 30.4. The second-order valence-corrected chi connectivity index (χ2v) is 7.42. The quantitative estimate of drug-likeness (QED) is 0.740. The Hall–Kier alpha value is -2.07. The molecule has 3 unspecified atom stereocenters. The van der Waals surface area contributed by atoms with Gasteiger partial charge in [-0.2, -0.15) is 0 Å². The van der Waals surface area contributed by atoms with Crippen LogP contribution in [0.4, 0.5) is 18.9 Å². The summed E-state index contributed by atoms with van der Waals surface area (Å²) < 4.78 is 56.2. The number of alkyl halides is 2.